The highest BCUT2D eigenvalue weighted by molar-refractivity contribution is 5.57. The number of aryl methyl sites for hydroxylation is 2. The molecule has 0 spiro atoms. The van der Waals surface area contributed by atoms with E-state index in [1.165, 1.54) is 7.11 Å². The molecule has 5 heteroatoms. The molecule has 0 fully saturated rings. The van der Waals surface area contributed by atoms with Crippen molar-refractivity contribution in [3.63, 3.8) is 0 Å². The molecule has 0 amide bonds. The normalized spacial score (nSPS) is 12.7. The number of nitrogens with zero attached hydrogens (tertiary/aromatic N) is 1. The molecule has 1 rings (SSSR count). The van der Waals surface area contributed by atoms with Crippen LogP contribution in [0.4, 0.5) is 0 Å². The second-order valence-corrected chi connectivity index (χ2v) is 5.88. The third-order valence-electron chi connectivity index (χ3n) is 3.61. The maximum absolute atomic E-state index is 6.13. The number of oxime groups is 1. The molecule has 1 unspecified atom stereocenters. The molecule has 0 aliphatic heterocycles. The van der Waals surface area contributed by atoms with E-state index < -0.39 is 0 Å². The Kier molecular flexibility index (Phi) is 10.4. The van der Waals surface area contributed by atoms with Crippen molar-refractivity contribution < 1.29 is 19.0 Å². The van der Waals surface area contributed by atoms with E-state index in [1.807, 2.05) is 31.2 Å². The SMILES string of the molecule is C/C=C/COc1cc(C)c(OC(C)CCCOC/C=N/OC)c(C)c1. The lowest BCUT2D eigenvalue weighted by Crippen LogP contribution is -2.14. The van der Waals surface area contributed by atoms with Gasteiger partial charge in [-0.05, 0) is 63.8 Å². The third-order valence-corrected chi connectivity index (χ3v) is 3.61. The Hall–Kier alpha value is -2.01. The Morgan fingerprint density at radius 1 is 1.16 bits per heavy atom. The van der Waals surface area contributed by atoms with E-state index in [4.69, 9.17) is 14.2 Å². The first-order valence-corrected chi connectivity index (χ1v) is 8.73. The predicted octanol–water partition coefficient (Wildman–Crippen LogP) is 4.45. The van der Waals surface area contributed by atoms with Gasteiger partial charge in [0.25, 0.3) is 0 Å². The summed E-state index contributed by atoms with van der Waals surface area (Å²) in [7, 11) is 1.51. The second kappa shape index (κ2) is 12.4. The van der Waals surface area contributed by atoms with Crippen molar-refractivity contribution >= 4 is 6.21 Å². The molecule has 1 aromatic rings. The van der Waals surface area contributed by atoms with Crippen LogP contribution < -0.4 is 9.47 Å². The smallest absolute Gasteiger partial charge is 0.125 e. The van der Waals surface area contributed by atoms with Crippen LogP contribution in [-0.2, 0) is 9.57 Å². The van der Waals surface area contributed by atoms with Crippen LogP contribution in [0.15, 0.2) is 29.4 Å². The van der Waals surface area contributed by atoms with Gasteiger partial charge in [0.15, 0.2) is 0 Å². The molecule has 0 radical (unpaired) electrons. The minimum absolute atomic E-state index is 0.128. The zero-order valence-electron chi connectivity index (χ0n) is 16.1. The summed E-state index contributed by atoms with van der Waals surface area (Å²) in [6.45, 7) is 9.90. The standard InChI is InChI=1S/C20H31NO4/c1-6-7-12-24-19-14-16(2)20(17(3)15-19)25-18(4)9-8-11-23-13-10-21-22-5/h6-7,10,14-15,18H,8-9,11-13H2,1-5H3/b7-6+,21-10+. The second-order valence-electron chi connectivity index (χ2n) is 5.88. The molecule has 25 heavy (non-hydrogen) atoms. The zero-order chi connectivity index (χ0) is 18.5. The van der Waals surface area contributed by atoms with Gasteiger partial charge in [0.1, 0.15) is 25.2 Å². The summed E-state index contributed by atoms with van der Waals surface area (Å²) in [6.07, 6.45) is 7.56. The van der Waals surface area contributed by atoms with Gasteiger partial charge in [0.2, 0.25) is 0 Å². The highest BCUT2D eigenvalue weighted by atomic mass is 16.6. The number of benzene rings is 1. The topological polar surface area (TPSA) is 49.3 Å². The fourth-order valence-corrected chi connectivity index (χ4v) is 2.39. The quantitative estimate of drug-likeness (QED) is 0.242. The van der Waals surface area contributed by atoms with E-state index in [9.17, 15) is 0 Å². The number of ether oxygens (including phenoxy) is 3. The highest BCUT2D eigenvalue weighted by Gasteiger charge is 2.11. The van der Waals surface area contributed by atoms with Crippen molar-refractivity contribution in [2.45, 2.75) is 46.6 Å². The van der Waals surface area contributed by atoms with Gasteiger partial charge in [-0.2, -0.15) is 0 Å². The largest absolute Gasteiger partial charge is 0.490 e. The van der Waals surface area contributed by atoms with Gasteiger partial charge >= 0.3 is 0 Å². The third kappa shape index (κ3) is 8.59. The van der Waals surface area contributed by atoms with Gasteiger partial charge in [-0.25, -0.2) is 0 Å². The summed E-state index contributed by atoms with van der Waals surface area (Å²) in [4.78, 5) is 4.57. The zero-order valence-corrected chi connectivity index (χ0v) is 16.1. The first-order valence-electron chi connectivity index (χ1n) is 8.73. The van der Waals surface area contributed by atoms with Crippen LogP contribution in [0.2, 0.25) is 0 Å². The van der Waals surface area contributed by atoms with E-state index in [0.29, 0.717) is 19.8 Å². The molecule has 140 valence electrons. The molecular formula is C20H31NO4. The van der Waals surface area contributed by atoms with Gasteiger partial charge in [0.05, 0.1) is 18.9 Å². The average molecular weight is 349 g/mol. The van der Waals surface area contributed by atoms with Crippen molar-refractivity contribution in [1.29, 1.82) is 0 Å². The molecule has 0 saturated heterocycles. The minimum atomic E-state index is 0.128. The Morgan fingerprint density at radius 2 is 1.88 bits per heavy atom. The molecule has 0 saturated carbocycles. The lowest BCUT2D eigenvalue weighted by atomic mass is 10.1. The van der Waals surface area contributed by atoms with Crippen LogP contribution in [-0.4, -0.2) is 39.2 Å². The summed E-state index contributed by atoms with van der Waals surface area (Å²) in [5.41, 5.74) is 2.18. The van der Waals surface area contributed by atoms with Gasteiger partial charge < -0.3 is 19.0 Å². The van der Waals surface area contributed by atoms with Crippen LogP contribution in [0.25, 0.3) is 0 Å². The molecule has 0 aromatic heterocycles. The highest BCUT2D eigenvalue weighted by Crippen LogP contribution is 2.29. The van der Waals surface area contributed by atoms with Crippen LogP contribution in [0, 0.1) is 13.8 Å². The van der Waals surface area contributed by atoms with Crippen molar-refractivity contribution in [3.8, 4) is 11.5 Å². The average Bonchev–Trinajstić information content (AvgIpc) is 2.57. The van der Waals surface area contributed by atoms with Crippen LogP contribution in [0.1, 0.15) is 37.8 Å². The Bertz CT molecular complexity index is 532. The molecule has 5 nitrogen and oxygen atoms in total. The predicted molar refractivity (Wildman–Crippen MR) is 102 cm³/mol. The monoisotopic (exact) mass is 349 g/mol. The summed E-state index contributed by atoms with van der Waals surface area (Å²) >= 11 is 0. The van der Waals surface area contributed by atoms with Gasteiger partial charge in [-0.3, -0.25) is 0 Å². The molecule has 0 aliphatic rings. The molecule has 1 atom stereocenters. The summed E-state index contributed by atoms with van der Waals surface area (Å²) in [5, 5.41) is 3.62. The van der Waals surface area contributed by atoms with E-state index in [0.717, 1.165) is 35.5 Å². The maximum atomic E-state index is 6.13. The Morgan fingerprint density at radius 3 is 2.52 bits per heavy atom. The van der Waals surface area contributed by atoms with Crippen LogP contribution in [0.5, 0.6) is 11.5 Å². The van der Waals surface area contributed by atoms with E-state index in [1.54, 1.807) is 6.21 Å². The van der Waals surface area contributed by atoms with Crippen molar-refractivity contribution in [1.82, 2.24) is 0 Å². The number of allylic oxidation sites excluding steroid dienone is 1. The maximum Gasteiger partial charge on any atom is 0.125 e. The van der Waals surface area contributed by atoms with Crippen LogP contribution >= 0.6 is 0 Å². The summed E-state index contributed by atoms with van der Waals surface area (Å²) in [5.74, 6) is 1.82. The van der Waals surface area contributed by atoms with Gasteiger partial charge in [-0.15, -0.1) is 0 Å². The van der Waals surface area contributed by atoms with E-state index in [2.05, 4.69) is 30.8 Å². The van der Waals surface area contributed by atoms with Crippen molar-refractivity contribution in [3.05, 3.63) is 35.4 Å². The summed E-state index contributed by atoms with van der Waals surface area (Å²) in [6, 6.07) is 4.05. The first-order chi connectivity index (χ1) is 12.1. The molecule has 0 heterocycles. The fraction of sp³-hybridized carbons (Fsp3) is 0.550. The molecule has 0 N–H and O–H groups in total. The van der Waals surface area contributed by atoms with Crippen molar-refractivity contribution in [2.24, 2.45) is 5.16 Å². The Balaban J connectivity index is 2.43. The Labute approximate surface area is 151 Å². The lowest BCUT2D eigenvalue weighted by Gasteiger charge is -2.19. The molecule has 0 bridgehead atoms. The number of hydrogen-bond donors (Lipinski definition) is 0. The number of hydrogen-bond acceptors (Lipinski definition) is 5. The van der Waals surface area contributed by atoms with Gasteiger partial charge in [-0.1, -0.05) is 17.3 Å². The molecule has 1 aromatic carbocycles. The van der Waals surface area contributed by atoms with Gasteiger partial charge in [0, 0.05) is 6.61 Å². The molecular weight excluding hydrogens is 318 g/mol. The van der Waals surface area contributed by atoms with E-state index >= 15 is 0 Å². The lowest BCUT2D eigenvalue weighted by molar-refractivity contribution is 0.142. The minimum Gasteiger partial charge on any atom is -0.490 e. The summed E-state index contributed by atoms with van der Waals surface area (Å²) < 4.78 is 17.3. The van der Waals surface area contributed by atoms with Crippen molar-refractivity contribution in [2.75, 3.05) is 26.9 Å². The van der Waals surface area contributed by atoms with Crippen LogP contribution in [0.3, 0.4) is 0 Å². The molecule has 0 aliphatic carbocycles. The first kappa shape index (κ1) is 21.0. The van der Waals surface area contributed by atoms with E-state index in [-0.39, 0.29) is 6.10 Å². The fourth-order valence-electron chi connectivity index (χ4n) is 2.39. The number of rotatable bonds is 12.